The molecule has 2 aromatic rings. The molecule has 1 unspecified atom stereocenters. The molecule has 21 heavy (non-hydrogen) atoms. The molecule has 0 bridgehead atoms. The van der Waals surface area contributed by atoms with Crippen LogP contribution in [0.15, 0.2) is 54.6 Å². The van der Waals surface area contributed by atoms with Gasteiger partial charge in [-0.1, -0.05) is 67.6 Å². The zero-order valence-corrected chi connectivity index (χ0v) is 12.8. The van der Waals surface area contributed by atoms with Crippen LogP contribution in [-0.2, 0) is 12.0 Å². The van der Waals surface area contributed by atoms with Crippen molar-refractivity contribution in [2.45, 2.75) is 38.7 Å². The van der Waals surface area contributed by atoms with Crippen molar-refractivity contribution < 1.29 is 5.11 Å². The summed E-state index contributed by atoms with van der Waals surface area (Å²) >= 11 is 0. The van der Waals surface area contributed by atoms with Crippen LogP contribution in [0.4, 0.5) is 0 Å². The topological polar surface area (TPSA) is 20.2 Å². The molecule has 0 spiro atoms. The minimum absolute atomic E-state index is 0.817. The molecule has 2 rings (SSSR count). The van der Waals surface area contributed by atoms with E-state index in [0.29, 0.717) is 0 Å². The summed E-state index contributed by atoms with van der Waals surface area (Å²) in [7, 11) is 0. The molecule has 1 N–H and O–H groups in total. The number of unbranched alkanes of at least 4 members (excludes halogenated alkanes) is 1. The summed E-state index contributed by atoms with van der Waals surface area (Å²) in [5.74, 6) is 6.03. The van der Waals surface area contributed by atoms with Gasteiger partial charge in [-0.3, -0.25) is 0 Å². The Kier molecular flexibility index (Phi) is 5.20. The third-order valence-corrected chi connectivity index (χ3v) is 3.56. The van der Waals surface area contributed by atoms with E-state index in [1.54, 1.807) is 6.92 Å². The highest BCUT2D eigenvalue weighted by atomic mass is 16.3. The van der Waals surface area contributed by atoms with Gasteiger partial charge < -0.3 is 5.11 Å². The van der Waals surface area contributed by atoms with Crippen LogP contribution in [0.2, 0.25) is 0 Å². The van der Waals surface area contributed by atoms with Crippen LogP contribution in [0, 0.1) is 11.8 Å². The number of hydrogen-bond acceptors (Lipinski definition) is 1. The van der Waals surface area contributed by atoms with E-state index in [-0.39, 0.29) is 0 Å². The molecule has 0 aliphatic heterocycles. The molecule has 0 amide bonds. The average molecular weight is 278 g/mol. The molecule has 0 aromatic heterocycles. The first kappa shape index (κ1) is 15.4. The van der Waals surface area contributed by atoms with Crippen LogP contribution in [0.3, 0.4) is 0 Å². The molecule has 0 heterocycles. The minimum Gasteiger partial charge on any atom is -0.374 e. The molecule has 2 aromatic carbocycles. The van der Waals surface area contributed by atoms with Crippen molar-refractivity contribution >= 4 is 0 Å². The number of rotatable bonds is 4. The highest BCUT2D eigenvalue weighted by Gasteiger charge is 2.18. The lowest BCUT2D eigenvalue weighted by Gasteiger charge is -2.16. The second-order valence-electron chi connectivity index (χ2n) is 5.49. The Morgan fingerprint density at radius 2 is 1.67 bits per heavy atom. The van der Waals surface area contributed by atoms with Crippen molar-refractivity contribution in [2.24, 2.45) is 0 Å². The van der Waals surface area contributed by atoms with Crippen LogP contribution in [-0.4, -0.2) is 5.11 Å². The highest BCUT2D eigenvalue weighted by molar-refractivity contribution is 5.40. The largest absolute Gasteiger partial charge is 0.374 e. The molecule has 0 saturated heterocycles. The van der Waals surface area contributed by atoms with Crippen molar-refractivity contribution in [3.63, 3.8) is 0 Å². The predicted molar refractivity (Wildman–Crippen MR) is 87.9 cm³/mol. The van der Waals surface area contributed by atoms with Crippen LogP contribution in [0.1, 0.15) is 43.4 Å². The molecule has 1 atom stereocenters. The van der Waals surface area contributed by atoms with E-state index < -0.39 is 5.60 Å². The van der Waals surface area contributed by atoms with Crippen molar-refractivity contribution in [1.29, 1.82) is 0 Å². The fourth-order valence-electron chi connectivity index (χ4n) is 2.16. The predicted octanol–water partition coefficient (Wildman–Crippen LogP) is 4.29. The average Bonchev–Trinajstić information content (AvgIpc) is 2.53. The van der Waals surface area contributed by atoms with Crippen LogP contribution in [0.5, 0.6) is 0 Å². The first-order valence-corrected chi connectivity index (χ1v) is 7.52. The zero-order chi connectivity index (χ0) is 15.1. The van der Waals surface area contributed by atoms with Gasteiger partial charge in [0.25, 0.3) is 0 Å². The second kappa shape index (κ2) is 7.11. The van der Waals surface area contributed by atoms with E-state index in [2.05, 4.69) is 30.9 Å². The number of hydrogen-bond donors (Lipinski definition) is 1. The third-order valence-electron chi connectivity index (χ3n) is 3.56. The van der Waals surface area contributed by atoms with Crippen LogP contribution < -0.4 is 0 Å². The maximum absolute atomic E-state index is 10.4. The van der Waals surface area contributed by atoms with Crippen molar-refractivity contribution in [1.82, 2.24) is 0 Å². The molecule has 0 fully saturated rings. The SMILES string of the molecule is CCCCc1ccc(C#CC(C)(O)c2ccccc2)cc1. The van der Waals surface area contributed by atoms with E-state index in [9.17, 15) is 5.11 Å². The molecular weight excluding hydrogens is 256 g/mol. The normalized spacial score (nSPS) is 13.1. The molecule has 1 heteroatoms. The summed E-state index contributed by atoms with van der Waals surface area (Å²) in [6.07, 6.45) is 3.54. The van der Waals surface area contributed by atoms with E-state index in [0.717, 1.165) is 17.5 Å². The maximum Gasteiger partial charge on any atom is 0.148 e. The lowest BCUT2D eigenvalue weighted by molar-refractivity contribution is 0.122. The smallest absolute Gasteiger partial charge is 0.148 e. The molecule has 0 aliphatic carbocycles. The Bertz CT molecular complexity index is 612. The first-order chi connectivity index (χ1) is 10.1. The zero-order valence-electron chi connectivity index (χ0n) is 12.8. The molecular formula is C20H22O. The van der Waals surface area contributed by atoms with Gasteiger partial charge in [-0.15, -0.1) is 0 Å². The van der Waals surface area contributed by atoms with Gasteiger partial charge in [-0.2, -0.15) is 0 Å². The lowest BCUT2D eigenvalue weighted by atomic mass is 9.96. The van der Waals surface area contributed by atoms with Gasteiger partial charge in [0.15, 0.2) is 0 Å². The Labute approximate surface area is 127 Å². The molecule has 108 valence electrons. The van der Waals surface area contributed by atoms with E-state index in [4.69, 9.17) is 0 Å². The molecule has 1 nitrogen and oxygen atoms in total. The van der Waals surface area contributed by atoms with Gasteiger partial charge in [0.05, 0.1) is 0 Å². The van der Waals surface area contributed by atoms with Gasteiger partial charge in [0.1, 0.15) is 5.60 Å². The number of aliphatic hydroxyl groups is 1. The van der Waals surface area contributed by atoms with Crippen molar-refractivity contribution in [2.75, 3.05) is 0 Å². The number of benzene rings is 2. The Hall–Kier alpha value is -2.04. The monoisotopic (exact) mass is 278 g/mol. The first-order valence-electron chi connectivity index (χ1n) is 7.52. The van der Waals surface area contributed by atoms with Crippen LogP contribution >= 0.6 is 0 Å². The standard InChI is InChI=1S/C20H22O/c1-3-4-8-17-11-13-18(14-12-17)15-16-20(2,21)19-9-6-5-7-10-19/h5-7,9-14,21H,3-4,8H2,1-2H3. The summed E-state index contributed by atoms with van der Waals surface area (Å²) in [4.78, 5) is 0. The fourth-order valence-corrected chi connectivity index (χ4v) is 2.16. The maximum atomic E-state index is 10.4. The molecule has 0 radical (unpaired) electrons. The third kappa shape index (κ3) is 4.48. The number of aryl methyl sites for hydroxylation is 1. The van der Waals surface area contributed by atoms with E-state index in [1.807, 2.05) is 42.5 Å². The summed E-state index contributed by atoms with van der Waals surface area (Å²) in [5.41, 5.74) is 1.98. The van der Waals surface area contributed by atoms with Crippen LogP contribution in [0.25, 0.3) is 0 Å². The highest BCUT2D eigenvalue weighted by Crippen LogP contribution is 2.19. The summed E-state index contributed by atoms with van der Waals surface area (Å²) in [5, 5.41) is 10.4. The van der Waals surface area contributed by atoms with Gasteiger partial charge in [0, 0.05) is 5.56 Å². The quantitative estimate of drug-likeness (QED) is 0.827. The van der Waals surface area contributed by atoms with E-state index >= 15 is 0 Å². The van der Waals surface area contributed by atoms with E-state index in [1.165, 1.54) is 18.4 Å². The lowest BCUT2D eigenvalue weighted by Crippen LogP contribution is -2.18. The molecule has 0 saturated carbocycles. The van der Waals surface area contributed by atoms with Gasteiger partial charge in [-0.05, 0) is 43.0 Å². The Balaban J connectivity index is 2.11. The van der Waals surface area contributed by atoms with Gasteiger partial charge in [-0.25, -0.2) is 0 Å². The fraction of sp³-hybridized carbons (Fsp3) is 0.300. The van der Waals surface area contributed by atoms with Gasteiger partial charge in [0.2, 0.25) is 0 Å². The Morgan fingerprint density at radius 1 is 1.00 bits per heavy atom. The van der Waals surface area contributed by atoms with Crippen molar-refractivity contribution in [3.8, 4) is 11.8 Å². The summed E-state index contributed by atoms with van der Waals surface area (Å²) < 4.78 is 0. The Morgan fingerprint density at radius 3 is 2.29 bits per heavy atom. The summed E-state index contributed by atoms with van der Waals surface area (Å²) in [6.45, 7) is 3.93. The second-order valence-corrected chi connectivity index (χ2v) is 5.49. The minimum atomic E-state index is -1.12. The molecule has 0 aliphatic rings. The summed E-state index contributed by atoms with van der Waals surface area (Å²) in [6, 6.07) is 17.8. The van der Waals surface area contributed by atoms with Crippen molar-refractivity contribution in [3.05, 3.63) is 71.3 Å². The van der Waals surface area contributed by atoms with Gasteiger partial charge >= 0.3 is 0 Å².